The van der Waals surface area contributed by atoms with Gasteiger partial charge in [-0.25, -0.2) is 4.79 Å². The predicted molar refractivity (Wildman–Crippen MR) is 82.4 cm³/mol. The Morgan fingerprint density at radius 3 is 2.82 bits per heavy atom. The first-order valence-corrected chi connectivity index (χ1v) is 7.74. The molecule has 0 bridgehead atoms. The highest BCUT2D eigenvalue weighted by atomic mass is 32.1. The van der Waals surface area contributed by atoms with Gasteiger partial charge in [0, 0.05) is 6.54 Å². The highest BCUT2D eigenvalue weighted by Gasteiger charge is 2.37. The van der Waals surface area contributed by atoms with E-state index >= 15 is 0 Å². The zero-order valence-corrected chi connectivity index (χ0v) is 12.8. The second-order valence-electron chi connectivity index (χ2n) is 5.01. The van der Waals surface area contributed by atoms with Gasteiger partial charge in [0.25, 0.3) is 5.91 Å². The molecule has 5 nitrogen and oxygen atoms in total. The highest BCUT2D eigenvalue weighted by Crippen LogP contribution is 2.34. The molecule has 0 spiro atoms. The van der Waals surface area contributed by atoms with Crippen LogP contribution in [-0.2, 0) is 11.2 Å². The van der Waals surface area contributed by atoms with Gasteiger partial charge in [0.2, 0.25) is 0 Å². The topological polar surface area (TPSA) is 66.8 Å². The van der Waals surface area contributed by atoms with Gasteiger partial charge in [-0.2, -0.15) is 0 Å². The van der Waals surface area contributed by atoms with Crippen LogP contribution in [0.15, 0.2) is 35.7 Å². The van der Waals surface area contributed by atoms with E-state index in [1.807, 2.05) is 12.1 Å². The Balaban J connectivity index is 2.00. The van der Waals surface area contributed by atoms with Crippen molar-refractivity contribution >= 4 is 23.2 Å². The molecule has 114 valence electrons. The van der Waals surface area contributed by atoms with Crippen LogP contribution in [0.2, 0.25) is 0 Å². The minimum Gasteiger partial charge on any atom is -0.495 e. The first-order chi connectivity index (χ1) is 10.6. The van der Waals surface area contributed by atoms with E-state index in [-0.39, 0.29) is 5.91 Å². The zero-order chi connectivity index (χ0) is 15.7. The summed E-state index contributed by atoms with van der Waals surface area (Å²) in [6.45, 7) is 0.383. The fourth-order valence-corrected chi connectivity index (χ4v) is 3.61. The second kappa shape index (κ2) is 5.81. The van der Waals surface area contributed by atoms with Crippen LogP contribution in [0.4, 0.5) is 0 Å². The summed E-state index contributed by atoms with van der Waals surface area (Å²) in [5, 5.41) is 11.4. The molecule has 0 saturated carbocycles. The minimum atomic E-state index is -1.02. The summed E-state index contributed by atoms with van der Waals surface area (Å²) in [6.07, 6.45) is 0.652. The first-order valence-electron chi connectivity index (χ1n) is 6.86. The molecule has 0 radical (unpaired) electrons. The van der Waals surface area contributed by atoms with Gasteiger partial charge in [0.1, 0.15) is 10.6 Å². The molecule has 2 aromatic rings. The molecule has 1 atom stereocenters. The van der Waals surface area contributed by atoms with E-state index in [1.165, 1.54) is 23.3 Å². The first kappa shape index (κ1) is 14.6. The van der Waals surface area contributed by atoms with Crippen molar-refractivity contribution in [2.45, 2.75) is 12.5 Å². The number of fused-ring (bicyclic) bond motifs is 1. The van der Waals surface area contributed by atoms with Crippen LogP contribution in [0.3, 0.4) is 0 Å². The number of carboxylic acids is 1. The van der Waals surface area contributed by atoms with Gasteiger partial charge < -0.3 is 14.7 Å². The van der Waals surface area contributed by atoms with Crippen LogP contribution in [0, 0.1) is 0 Å². The van der Waals surface area contributed by atoms with Crippen LogP contribution < -0.4 is 4.74 Å². The van der Waals surface area contributed by atoms with E-state index in [4.69, 9.17) is 4.74 Å². The number of nitrogens with zero attached hydrogens (tertiary/aromatic N) is 1. The number of thiophene rings is 1. The van der Waals surface area contributed by atoms with Gasteiger partial charge in [0.05, 0.1) is 7.11 Å². The molecule has 0 unspecified atom stereocenters. The number of carbonyl (C=O) groups is 2. The lowest BCUT2D eigenvalue weighted by molar-refractivity contribution is -0.143. The van der Waals surface area contributed by atoms with E-state index < -0.39 is 12.0 Å². The fraction of sp³-hybridized carbons (Fsp3) is 0.250. The maximum atomic E-state index is 12.8. The Hall–Kier alpha value is -2.34. The molecule has 22 heavy (non-hydrogen) atoms. The van der Waals surface area contributed by atoms with Crippen molar-refractivity contribution < 1.29 is 19.4 Å². The van der Waals surface area contributed by atoms with Crippen molar-refractivity contribution in [1.29, 1.82) is 0 Å². The lowest BCUT2D eigenvalue weighted by Crippen LogP contribution is -2.43. The van der Waals surface area contributed by atoms with E-state index in [9.17, 15) is 14.7 Å². The van der Waals surface area contributed by atoms with Crippen molar-refractivity contribution in [2.24, 2.45) is 0 Å². The normalized spacial score (nSPS) is 17.0. The third-order valence-electron chi connectivity index (χ3n) is 3.82. The van der Waals surface area contributed by atoms with E-state index in [2.05, 4.69) is 0 Å². The molecule has 1 N–H and O–H groups in total. The number of rotatable bonds is 3. The van der Waals surface area contributed by atoms with Gasteiger partial charge in [-0.05, 0) is 29.0 Å². The van der Waals surface area contributed by atoms with Crippen LogP contribution in [0.25, 0.3) is 0 Å². The largest absolute Gasteiger partial charge is 0.495 e. The Labute approximate surface area is 131 Å². The molecule has 1 aromatic heterocycles. The number of aliphatic carboxylic acids is 1. The van der Waals surface area contributed by atoms with Crippen molar-refractivity contribution in [1.82, 2.24) is 4.90 Å². The summed E-state index contributed by atoms with van der Waals surface area (Å²) in [5.41, 5.74) is 1.67. The quantitative estimate of drug-likeness (QED) is 0.945. The van der Waals surface area contributed by atoms with Crippen LogP contribution >= 0.6 is 11.3 Å². The summed E-state index contributed by atoms with van der Waals surface area (Å²) < 4.78 is 5.18. The molecule has 1 aliphatic rings. The molecule has 1 amide bonds. The molecular formula is C16H15NO4S. The maximum Gasteiger partial charge on any atom is 0.331 e. The second-order valence-corrected chi connectivity index (χ2v) is 5.92. The van der Waals surface area contributed by atoms with Crippen LogP contribution in [0.5, 0.6) is 5.75 Å². The van der Waals surface area contributed by atoms with E-state index in [0.717, 1.165) is 5.56 Å². The monoisotopic (exact) mass is 317 g/mol. The number of hydrogen-bond acceptors (Lipinski definition) is 4. The third-order valence-corrected chi connectivity index (χ3v) is 4.71. The molecule has 0 saturated heterocycles. The van der Waals surface area contributed by atoms with Crippen molar-refractivity contribution in [3.8, 4) is 5.75 Å². The lowest BCUT2D eigenvalue weighted by atomic mass is 9.92. The molecule has 1 aliphatic heterocycles. The molecular weight excluding hydrogens is 302 g/mol. The summed E-state index contributed by atoms with van der Waals surface area (Å²) in [4.78, 5) is 26.3. The van der Waals surface area contributed by atoms with Crippen molar-refractivity contribution in [2.75, 3.05) is 13.7 Å². The number of methoxy groups -OCH3 is 1. The Kier molecular flexibility index (Phi) is 3.85. The van der Waals surface area contributed by atoms with Gasteiger partial charge in [-0.15, -0.1) is 11.3 Å². The maximum absolute atomic E-state index is 12.8. The minimum absolute atomic E-state index is 0.297. The molecule has 3 rings (SSSR count). The number of hydrogen-bond donors (Lipinski definition) is 1. The summed E-state index contributed by atoms with van der Waals surface area (Å²) >= 11 is 1.26. The number of benzene rings is 1. The molecule has 0 aliphatic carbocycles. The summed E-state index contributed by atoms with van der Waals surface area (Å²) in [6, 6.07) is 8.14. The third kappa shape index (κ3) is 2.35. The fourth-order valence-electron chi connectivity index (χ4n) is 2.80. The van der Waals surface area contributed by atoms with Crippen LogP contribution in [-0.4, -0.2) is 35.5 Å². The number of carboxylic acid groups (broad SMARTS) is 1. The number of ether oxygens (including phenoxy) is 1. The van der Waals surface area contributed by atoms with E-state index in [1.54, 1.807) is 23.6 Å². The predicted octanol–water partition coefficient (Wildman–Crippen LogP) is 2.58. The summed E-state index contributed by atoms with van der Waals surface area (Å²) in [7, 11) is 1.50. The van der Waals surface area contributed by atoms with Gasteiger partial charge in [-0.1, -0.05) is 24.3 Å². The Bertz CT molecular complexity index is 724. The Morgan fingerprint density at radius 1 is 1.32 bits per heavy atom. The highest BCUT2D eigenvalue weighted by molar-refractivity contribution is 7.12. The van der Waals surface area contributed by atoms with Gasteiger partial charge in [0.15, 0.2) is 6.04 Å². The number of amides is 1. The average Bonchev–Trinajstić information content (AvgIpc) is 3.01. The smallest absolute Gasteiger partial charge is 0.331 e. The van der Waals surface area contributed by atoms with Crippen molar-refractivity contribution in [3.63, 3.8) is 0 Å². The average molecular weight is 317 g/mol. The van der Waals surface area contributed by atoms with Gasteiger partial charge in [-0.3, -0.25) is 4.79 Å². The SMILES string of the molecule is COc1ccsc1C(=O)N1CCc2ccccc2[C@H]1C(=O)O. The van der Waals surface area contributed by atoms with Gasteiger partial charge >= 0.3 is 5.97 Å². The van der Waals surface area contributed by atoms with Crippen LogP contribution in [0.1, 0.15) is 26.8 Å². The molecule has 2 heterocycles. The molecule has 1 aromatic carbocycles. The number of carbonyl (C=O) groups excluding carboxylic acids is 1. The Morgan fingerprint density at radius 2 is 2.09 bits per heavy atom. The standard InChI is InChI=1S/C16H15NO4S/c1-21-12-7-9-22-14(12)15(18)17-8-6-10-4-2-3-5-11(10)13(17)16(19)20/h2-5,7,9,13H,6,8H2,1H3,(H,19,20)/t13-/m0/s1. The van der Waals surface area contributed by atoms with E-state index in [0.29, 0.717) is 29.2 Å². The molecule has 6 heteroatoms. The lowest BCUT2D eigenvalue weighted by Gasteiger charge is -2.34. The zero-order valence-electron chi connectivity index (χ0n) is 12.0. The summed E-state index contributed by atoms with van der Waals surface area (Å²) in [5.74, 6) is -0.831. The molecule has 0 fully saturated rings. The van der Waals surface area contributed by atoms with Crippen molar-refractivity contribution in [3.05, 3.63) is 51.7 Å².